The maximum atomic E-state index is 11.6. The molecule has 0 saturated carbocycles. The second-order valence-corrected chi connectivity index (χ2v) is 3.89. The molecule has 0 bridgehead atoms. The van der Waals surface area contributed by atoms with E-state index in [4.69, 9.17) is 9.47 Å². The number of benzene rings is 1. The van der Waals surface area contributed by atoms with Crippen molar-refractivity contribution in [2.75, 3.05) is 13.2 Å². The van der Waals surface area contributed by atoms with Gasteiger partial charge in [-0.25, -0.2) is 4.79 Å². The highest BCUT2D eigenvalue weighted by molar-refractivity contribution is 5.86. The van der Waals surface area contributed by atoms with Crippen LogP contribution in [0.3, 0.4) is 0 Å². The quantitative estimate of drug-likeness (QED) is 0.193. The first-order valence-electron chi connectivity index (χ1n) is 6.51. The minimum Gasteiger partial charge on any atom is -0.487 e. The average molecular weight is 291 g/mol. The fraction of sp³-hybridized carbons (Fsp3) is 0.267. The van der Waals surface area contributed by atoms with Crippen LogP contribution < -0.4 is 0 Å². The van der Waals surface area contributed by atoms with E-state index in [2.05, 4.69) is 0 Å². The zero-order valence-electron chi connectivity index (χ0n) is 11.9. The Labute approximate surface area is 122 Å². The number of hydrogen-bond donors (Lipinski definition) is 0. The minimum absolute atomic E-state index is 0.0317. The van der Waals surface area contributed by atoms with Crippen molar-refractivity contribution >= 4 is 17.7 Å². The zero-order valence-corrected chi connectivity index (χ0v) is 11.9. The zero-order chi connectivity index (χ0) is 15.7. The second-order valence-electron chi connectivity index (χ2n) is 3.89. The molecule has 0 unspecified atom stereocenters. The van der Waals surface area contributed by atoms with Gasteiger partial charge in [-0.05, 0) is 37.6 Å². The maximum absolute atomic E-state index is 11.6. The third-order valence-corrected chi connectivity index (χ3v) is 2.42. The van der Waals surface area contributed by atoms with Crippen molar-refractivity contribution in [1.29, 1.82) is 0 Å². The molecule has 0 saturated heterocycles. The van der Waals surface area contributed by atoms with Gasteiger partial charge in [0.1, 0.15) is 0 Å². The summed E-state index contributed by atoms with van der Waals surface area (Å²) in [5.74, 6) is -0.398. The van der Waals surface area contributed by atoms with E-state index in [1.165, 1.54) is 18.2 Å². The number of nitro groups is 1. The topological polar surface area (TPSA) is 78.7 Å². The van der Waals surface area contributed by atoms with Gasteiger partial charge in [0.25, 0.3) is 5.69 Å². The number of nitro benzene ring substituents is 1. The molecular formula is C15H17NO5. The first kappa shape index (κ1) is 16.4. The summed E-state index contributed by atoms with van der Waals surface area (Å²) in [6.45, 7) is 4.12. The second kappa shape index (κ2) is 8.52. The summed E-state index contributed by atoms with van der Waals surface area (Å²) in [5.41, 5.74) is 0.806. The molecule has 1 rings (SSSR count). The summed E-state index contributed by atoms with van der Waals surface area (Å²) in [4.78, 5) is 21.6. The standard InChI is InChI=1S/C15H17NO5/c1-3-20-14(15(17)21-4-2)7-5-6-12-8-10-13(11-9-12)16(18)19/h5-11H,3-4H2,1-2H3/b6-5+,14-7?. The third-order valence-electron chi connectivity index (χ3n) is 2.42. The lowest BCUT2D eigenvalue weighted by molar-refractivity contribution is -0.384. The van der Waals surface area contributed by atoms with Crippen LogP contribution >= 0.6 is 0 Å². The van der Waals surface area contributed by atoms with E-state index in [-0.39, 0.29) is 18.1 Å². The fourth-order valence-corrected chi connectivity index (χ4v) is 1.49. The fourth-order valence-electron chi connectivity index (χ4n) is 1.49. The first-order chi connectivity index (χ1) is 10.1. The molecule has 0 fully saturated rings. The van der Waals surface area contributed by atoms with Crippen LogP contribution in [-0.2, 0) is 14.3 Å². The van der Waals surface area contributed by atoms with Crippen LogP contribution in [0.1, 0.15) is 19.4 Å². The van der Waals surface area contributed by atoms with E-state index in [1.54, 1.807) is 38.1 Å². The van der Waals surface area contributed by atoms with Gasteiger partial charge in [0, 0.05) is 12.1 Å². The highest BCUT2D eigenvalue weighted by Gasteiger charge is 2.09. The number of carbonyl (C=O) groups is 1. The Morgan fingerprint density at radius 2 is 1.81 bits per heavy atom. The van der Waals surface area contributed by atoms with E-state index in [0.29, 0.717) is 6.61 Å². The minimum atomic E-state index is -0.521. The van der Waals surface area contributed by atoms with E-state index in [1.807, 2.05) is 0 Å². The Balaban J connectivity index is 2.78. The number of ether oxygens (including phenoxy) is 2. The maximum Gasteiger partial charge on any atom is 0.373 e. The summed E-state index contributed by atoms with van der Waals surface area (Å²) >= 11 is 0. The van der Waals surface area contributed by atoms with Gasteiger partial charge in [-0.3, -0.25) is 10.1 Å². The van der Waals surface area contributed by atoms with Gasteiger partial charge in [-0.2, -0.15) is 0 Å². The number of esters is 1. The SMILES string of the molecule is CCOC(=O)C(=C/C=C/c1ccc([N+](=O)[O-])cc1)OCC. The number of non-ortho nitro benzene ring substituents is 1. The molecular weight excluding hydrogens is 274 g/mol. The van der Waals surface area contributed by atoms with Crippen LogP contribution in [0.5, 0.6) is 0 Å². The Morgan fingerprint density at radius 1 is 1.19 bits per heavy atom. The lowest BCUT2D eigenvalue weighted by Gasteiger charge is -2.06. The van der Waals surface area contributed by atoms with Gasteiger partial charge in [-0.1, -0.05) is 12.2 Å². The average Bonchev–Trinajstić information content (AvgIpc) is 2.47. The number of nitrogens with zero attached hydrogens (tertiary/aromatic N) is 1. The van der Waals surface area contributed by atoms with E-state index >= 15 is 0 Å². The molecule has 1 aromatic carbocycles. The van der Waals surface area contributed by atoms with Crippen molar-refractivity contribution in [3.05, 3.63) is 57.9 Å². The lowest BCUT2D eigenvalue weighted by Crippen LogP contribution is -2.10. The van der Waals surface area contributed by atoms with Gasteiger partial charge < -0.3 is 9.47 Å². The number of carbonyl (C=O) groups excluding carboxylic acids is 1. The van der Waals surface area contributed by atoms with Crippen molar-refractivity contribution in [1.82, 2.24) is 0 Å². The van der Waals surface area contributed by atoms with Gasteiger partial charge in [0.05, 0.1) is 18.1 Å². The molecule has 0 amide bonds. The molecule has 1 aromatic rings. The van der Waals surface area contributed by atoms with E-state index in [9.17, 15) is 14.9 Å². The van der Waals surface area contributed by atoms with Crippen molar-refractivity contribution in [2.24, 2.45) is 0 Å². The molecule has 21 heavy (non-hydrogen) atoms. The summed E-state index contributed by atoms with van der Waals surface area (Å²) in [5, 5.41) is 10.5. The number of rotatable bonds is 7. The summed E-state index contributed by atoms with van der Waals surface area (Å²) < 4.78 is 10.1. The molecule has 0 spiro atoms. The normalized spacial score (nSPS) is 11.4. The molecule has 0 radical (unpaired) electrons. The van der Waals surface area contributed by atoms with E-state index < -0.39 is 10.9 Å². The molecule has 0 aromatic heterocycles. The third kappa shape index (κ3) is 5.48. The smallest absolute Gasteiger partial charge is 0.373 e. The van der Waals surface area contributed by atoms with Crippen LogP contribution in [-0.4, -0.2) is 24.1 Å². The molecule has 0 N–H and O–H groups in total. The first-order valence-corrected chi connectivity index (χ1v) is 6.51. The van der Waals surface area contributed by atoms with Gasteiger partial charge in [-0.15, -0.1) is 0 Å². The molecule has 0 aliphatic rings. The largest absolute Gasteiger partial charge is 0.487 e. The number of allylic oxidation sites excluding steroid dienone is 2. The monoisotopic (exact) mass is 291 g/mol. The summed E-state index contributed by atoms with van der Waals surface area (Å²) in [6.07, 6.45) is 4.84. The molecule has 0 aliphatic carbocycles. The molecule has 0 atom stereocenters. The van der Waals surface area contributed by atoms with Gasteiger partial charge in [0.15, 0.2) is 0 Å². The Hall–Kier alpha value is -2.63. The Morgan fingerprint density at radius 3 is 2.33 bits per heavy atom. The summed E-state index contributed by atoms with van der Waals surface area (Å²) in [7, 11) is 0. The molecule has 0 aliphatic heterocycles. The molecule has 112 valence electrons. The van der Waals surface area contributed by atoms with Crippen LogP contribution in [0.4, 0.5) is 5.69 Å². The van der Waals surface area contributed by atoms with Crippen molar-refractivity contribution in [3.8, 4) is 0 Å². The number of hydrogen-bond acceptors (Lipinski definition) is 5. The van der Waals surface area contributed by atoms with Crippen LogP contribution in [0.25, 0.3) is 6.08 Å². The predicted octanol–water partition coefficient (Wildman–Crippen LogP) is 3.09. The van der Waals surface area contributed by atoms with Crippen molar-refractivity contribution in [3.63, 3.8) is 0 Å². The Kier molecular flexibility index (Phi) is 6.67. The van der Waals surface area contributed by atoms with Crippen LogP contribution in [0.15, 0.2) is 42.2 Å². The van der Waals surface area contributed by atoms with Gasteiger partial charge >= 0.3 is 5.97 Å². The van der Waals surface area contributed by atoms with Crippen LogP contribution in [0, 0.1) is 10.1 Å². The highest BCUT2D eigenvalue weighted by atomic mass is 16.6. The van der Waals surface area contributed by atoms with Crippen molar-refractivity contribution < 1.29 is 19.2 Å². The van der Waals surface area contributed by atoms with Crippen LogP contribution in [0.2, 0.25) is 0 Å². The van der Waals surface area contributed by atoms with Crippen molar-refractivity contribution in [2.45, 2.75) is 13.8 Å². The highest BCUT2D eigenvalue weighted by Crippen LogP contribution is 2.13. The lowest BCUT2D eigenvalue weighted by atomic mass is 10.2. The molecule has 0 heterocycles. The van der Waals surface area contributed by atoms with Gasteiger partial charge in [0.2, 0.25) is 5.76 Å². The predicted molar refractivity (Wildman–Crippen MR) is 78.5 cm³/mol. The van der Waals surface area contributed by atoms with E-state index in [0.717, 1.165) is 5.56 Å². The molecule has 6 nitrogen and oxygen atoms in total. The summed E-state index contributed by atoms with van der Waals surface area (Å²) in [6, 6.07) is 6.07. The Bertz CT molecular complexity index is 546. The molecule has 6 heteroatoms.